The minimum atomic E-state index is -0.515. The highest BCUT2D eigenvalue weighted by Crippen LogP contribution is 2.31. The molecule has 6 nitrogen and oxygen atoms in total. The summed E-state index contributed by atoms with van der Waals surface area (Å²) in [5, 5.41) is 0. The van der Waals surface area contributed by atoms with E-state index in [1.54, 1.807) is 55.7 Å². The maximum atomic E-state index is 11.9. The molecule has 2 rings (SSSR count). The summed E-state index contributed by atoms with van der Waals surface area (Å²) in [6, 6.07) is 12.1. The number of hydrogen-bond acceptors (Lipinski definition) is 6. The van der Waals surface area contributed by atoms with Gasteiger partial charge in [-0.2, -0.15) is 0 Å². The molecule has 0 radical (unpaired) electrons. The van der Waals surface area contributed by atoms with E-state index in [1.807, 2.05) is 0 Å². The van der Waals surface area contributed by atoms with Crippen molar-refractivity contribution in [2.24, 2.45) is 0 Å². The first-order valence-corrected chi connectivity index (χ1v) is 7.82. The molecule has 0 fully saturated rings. The monoisotopic (exact) mass is 356 g/mol. The molecule has 0 saturated heterocycles. The van der Waals surface area contributed by atoms with Gasteiger partial charge in [-0.15, -0.1) is 0 Å². The number of ether oxygens (including phenoxy) is 4. The molecule has 0 spiro atoms. The number of hydrogen-bond donors (Lipinski definition) is 0. The number of methoxy groups -OCH3 is 3. The largest absolute Gasteiger partial charge is 0.493 e. The van der Waals surface area contributed by atoms with E-state index in [4.69, 9.17) is 14.2 Å². The number of carbonyl (C=O) groups excluding carboxylic acids is 2. The number of benzene rings is 2. The zero-order valence-electron chi connectivity index (χ0n) is 14.9. The van der Waals surface area contributed by atoms with E-state index in [2.05, 4.69) is 4.74 Å². The molecule has 0 atom stereocenters. The summed E-state index contributed by atoms with van der Waals surface area (Å²) in [5.74, 6) is 0.147. The summed E-state index contributed by atoms with van der Waals surface area (Å²) in [5.41, 5.74) is 1.78. The minimum Gasteiger partial charge on any atom is -0.493 e. The van der Waals surface area contributed by atoms with Gasteiger partial charge in [0.25, 0.3) is 0 Å². The lowest BCUT2D eigenvalue weighted by atomic mass is 10.1. The summed E-state index contributed by atoms with van der Waals surface area (Å²) in [4.78, 5) is 23.5. The zero-order valence-corrected chi connectivity index (χ0v) is 14.9. The Labute approximate surface area is 151 Å². The van der Waals surface area contributed by atoms with Crippen LogP contribution in [-0.2, 0) is 20.9 Å². The van der Waals surface area contributed by atoms with Crippen molar-refractivity contribution in [2.45, 2.75) is 6.61 Å². The van der Waals surface area contributed by atoms with Gasteiger partial charge >= 0.3 is 11.9 Å². The van der Waals surface area contributed by atoms with Crippen LogP contribution in [0.25, 0.3) is 6.08 Å². The highest BCUT2D eigenvalue weighted by atomic mass is 16.5. The first-order chi connectivity index (χ1) is 12.6. The van der Waals surface area contributed by atoms with Crippen LogP contribution in [-0.4, -0.2) is 33.3 Å². The van der Waals surface area contributed by atoms with Crippen molar-refractivity contribution >= 4 is 18.0 Å². The van der Waals surface area contributed by atoms with Crippen molar-refractivity contribution in [1.82, 2.24) is 0 Å². The number of rotatable bonds is 7. The van der Waals surface area contributed by atoms with Crippen LogP contribution in [0.15, 0.2) is 48.5 Å². The van der Waals surface area contributed by atoms with E-state index in [9.17, 15) is 9.59 Å². The molecule has 2 aromatic carbocycles. The second-order valence-electron chi connectivity index (χ2n) is 5.22. The predicted molar refractivity (Wildman–Crippen MR) is 96.2 cm³/mol. The van der Waals surface area contributed by atoms with Crippen molar-refractivity contribution in [3.8, 4) is 11.5 Å². The van der Waals surface area contributed by atoms with E-state index >= 15 is 0 Å². The fraction of sp³-hybridized carbons (Fsp3) is 0.200. The SMILES string of the molecule is COC(=O)c1cccc(COC(=O)/C=C/c2cccc(OC)c2OC)c1. The van der Waals surface area contributed by atoms with Crippen molar-refractivity contribution in [3.05, 3.63) is 65.2 Å². The fourth-order valence-electron chi connectivity index (χ4n) is 2.31. The molecule has 0 saturated carbocycles. The maximum Gasteiger partial charge on any atom is 0.337 e. The smallest absolute Gasteiger partial charge is 0.337 e. The van der Waals surface area contributed by atoms with Gasteiger partial charge in [-0.25, -0.2) is 9.59 Å². The lowest BCUT2D eigenvalue weighted by molar-refractivity contribution is -0.138. The molecule has 0 aliphatic carbocycles. The Morgan fingerprint density at radius 1 is 1.00 bits per heavy atom. The first-order valence-electron chi connectivity index (χ1n) is 7.82. The molecule has 6 heteroatoms. The van der Waals surface area contributed by atoms with Gasteiger partial charge in [-0.3, -0.25) is 0 Å². The van der Waals surface area contributed by atoms with E-state index in [-0.39, 0.29) is 6.61 Å². The molecule has 0 amide bonds. The topological polar surface area (TPSA) is 71.1 Å². The lowest BCUT2D eigenvalue weighted by Gasteiger charge is -2.09. The van der Waals surface area contributed by atoms with Crippen LogP contribution < -0.4 is 9.47 Å². The summed E-state index contributed by atoms with van der Waals surface area (Å²) in [6.45, 7) is 0.0449. The fourth-order valence-corrected chi connectivity index (χ4v) is 2.31. The Kier molecular flexibility index (Phi) is 6.79. The van der Waals surface area contributed by atoms with Crippen LogP contribution in [0.4, 0.5) is 0 Å². The molecular weight excluding hydrogens is 336 g/mol. The molecule has 0 unspecified atom stereocenters. The minimum absolute atomic E-state index is 0.0449. The lowest BCUT2D eigenvalue weighted by Crippen LogP contribution is -2.04. The Hall–Kier alpha value is -3.28. The third kappa shape index (κ3) is 4.86. The van der Waals surface area contributed by atoms with Gasteiger partial charge in [0.2, 0.25) is 0 Å². The summed E-state index contributed by atoms with van der Waals surface area (Å²) < 4.78 is 20.4. The van der Waals surface area contributed by atoms with Crippen LogP contribution in [0, 0.1) is 0 Å². The van der Waals surface area contributed by atoms with Crippen molar-refractivity contribution < 1.29 is 28.5 Å². The van der Waals surface area contributed by atoms with E-state index in [1.165, 1.54) is 20.3 Å². The molecule has 0 heterocycles. The predicted octanol–water partition coefficient (Wildman–Crippen LogP) is 3.25. The third-order valence-electron chi connectivity index (χ3n) is 3.56. The van der Waals surface area contributed by atoms with E-state index in [0.717, 1.165) is 0 Å². The molecule has 2 aromatic rings. The molecule has 0 aromatic heterocycles. The van der Waals surface area contributed by atoms with Gasteiger partial charge in [-0.1, -0.05) is 24.3 Å². The molecule has 26 heavy (non-hydrogen) atoms. The van der Waals surface area contributed by atoms with Gasteiger partial charge in [0.05, 0.1) is 26.9 Å². The van der Waals surface area contributed by atoms with Gasteiger partial charge in [0.15, 0.2) is 11.5 Å². The van der Waals surface area contributed by atoms with Gasteiger partial charge < -0.3 is 18.9 Å². The van der Waals surface area contributed by atoms with Crippen molar-refractivity contribution in [2.75, 3.05) is 21.3 Å². The van der Waals surface area contributed by atoms with E-state index < -0.39 is 11.9 Å². The Morgan fingerprint density at radius 3 is 2.46 bits per heavy atom. The molecule has 136 valence electrons. The second-order valence-corrected chi connectivity index (χ2v) is 5.22. The van der Waals surface area contributed by atoms with Crippen LogP contribution in [0.2, 0.25) is 0 Å². The maximum absolute atomic E-state index is 11.9. The van der Waals surface area contributed by atoms with Crippen LogP contribution >= 0.6 is 0 Å². The summed E-state index contributed by atoms with van der Waals surface area (Å²) in [6.07, 6.45) is 2.90. The highest BCUT2D eigenvalue weighted by Gasteiger charge is 2.09. The zero-order chi connectivity index (χ0) is 18.9. The average Bonchev–Trinajstić information content (AvgIpc) is 2.69. The normalized spacial score (nSPS) is 10.4. The molecule has 0 N–H and O–H groups in total. The number of esters is 2. The number of carbonyl (C=O) groups is 2. The molecule has 0 aliphatic rings. The van der Waals surface area contributed by atoms with Crippen molar-refractivity contribution in [3.63, 3.8) is 0 Å². The van der Waals surface area contributed by atoms with Crippen molar-refractivity contribution in [1.29, 1.82) is 0 Å². The molecular formula is C20H20O6. The van der Waals surface area contributed by atoms with E-state index in [0.29, 0.717) is 28.2 Å². The van der Waals surface area contributed by atoms with Gasteiger partial charge in [0.1, 0.15) is 6.61 Å². The van der Waals surface area contributed by atoms with Crippen LogP contribution in [0.1, 0.15) is 21.5 Å². The van der Waals surface area contributed by atoms with Crippen LogP contribution in [0.5, 0.6) is 11.5 Å². The number of para-hydroxylation sites is 1. The first kappa shape index (κ1) is 19.1. The Balaban J connectivity index is 2.01. The van der Waals surface area contributed by atoms with Crippen LogP contribution in [0.3, 0.4) is 0 Å². The molecule has 0 bridgehead atoms. The summed E-state index contributed by atoms with van der Waals surface area (Å²) >= 11 is 0. The average molecular weight is 356 g/mol. The molecule has 0 aliphatic heterocycles. The standard InChI is InChI=1S/C20H20O6/c1-23-17-9-5-7-15(19(17)24-2)10-11-18(21)26-13-14-6-4-8-16(12-14)20(22)25-3/h4-12H,13H2,1-3H3/b11-10+. The second kappa shape index (κ2) is 9.27. The highest BCUT2D eigenvalue weighted by molar-refractivity contribution is 5.89. The van der Waals surface area contributed by atoms with Gasteiger partial charge in [-0.05, 0) is 29.8 Å². The Bertz CT molecular complexity index is 810. The van der Waals surface area contributed by atoms with Gasteiger partial charge in [0, 0.05) is 11.6 Å². The Morgan fingerprint density at radius 2 is 1.77 bits per heavy atom. The third-order valence-corrected chi connectivity index (χ3v) is 3.56. The quantitative estimate of drug-likeness (QED) is 0.560. The summed E-state index contributed by atoms with van der Waals surface area (Å²) in [7, 11) is 4.39.